The van der Waals surface area contributed by atoms with Crippen LogP contribution in [0.5, 0.6) is 0 Å². The van der Waals surface area contributed by atoms with Gasteiger partial charge in [-0.05, 0) is 38.1 Å². The molecule has 1 saturated heterocycles. The molecule has 1 N–H and O–H groups in total. The highest BCUT2D eigenvalue weighted by atomic mass is 16.2. The molecule has 0 atom stereocenters. The third-order valence-corrected chi connectivity index (χ3v) is 4.28. The first-order chi connectivity index (χ1) is 10.3. The molecule has 0 radical (unpaired) electrons. The summed E-state index contributed by atoms with van der Waals surface area (Å²) in [7, 11) is 0. The smallest absolute Gasteiger partial charge is 0.244 e. The van der Waals surface area contributed by atoms with Crippen LogP contribution in [-0.2, 0) is 17.9 Å². The lowest BCUT2D eigenvalue weighted by atomic mass is 10.2. The predicted octanol–water partition coefficient (Wildman–Crippen LogP) is 1.18. The summed E-state index contributed by atoms with van der Waals surface area (Å²) in [5.74, 6) is 1.03. The van der Waals surface area contributed by atoms with Crippen LogP contribution in [0.25, 0.3) is 0 Å². The third kappa shape index (κ3) is 4.52. The van der Waals surface area contributed by atoms with Crippen molar-refractivity contribution < 1.29 is 4.79 Å². The highest BCUT2D eigenvalue weighted by Crippen LogP contribution is 2.27. The van der Waals surface area contributed by atoms with Gasteiger partial charge >= 0.3 is 0 Å². The Morgan fingerprint density at radius 2 is 2.00 bits per heavy atom. The second kappa shape index (κ2) is 7.02. The number of likely N-dealkylation sites (tertiary alicyclic amines) is 1. The number of amides is 1. The number of aromatic nitrogens is 3. The van der Waals surface area contributed by atoms with Crippen LogP contribution >= 0.6 is 0 Å². The van der Waals surface area contributed by atoms with Gasteiger partial charge in [-0.15, -0.1) is 5.10 Å². The molecule has 1 aromatic heterocycles. The lowest BCUT2D eigenvalue weighted by Crippen LogP contribution is -2.34. The molecule has 1 aromatic rings. The van der Waals surface area contributed by atoms with Crippen molar-refractivity contribution in [3.8, 4) is 0 Å². The van der Waals surface area contributed by atoms with E-state index in [0.29, 0.717) is 6.54 Å². The number of hydrogen-bond acceptors (Lipinski definition) is 4. The average Bonchev–Trinajstić information content (AvgIpc) is 3.24. The summed E-state index contributed by atoms with van der Waals surface area (Å²) in [6, 6.07) is 0. The van der Waals surface area contributed by atoms with Gasteiger partial charge in [-0.1, -0.05) is 18.1 Å². The second-order valence-corrected chi connectivity index (χ2v) is 6.28. The molecule has 2 fully saturated rings. The van der Waals surface area contributed by atoms with Gasteiger partial charge in [0.25, 0.3) is 0 Å². The summed E-state index contributed by atoms with van der Waals surface area (Å²) in [5, 5.41) is 11.6. The summed E-state index contributed by atoms with van der Waals surface area (Å²) < 4.78 is 1.67. The Labute approximate surface area is 125 Å². The third-order valence-electron chi connectivity index (χ3n) is 4.28. The summed E-state index contributed by atoms with van der Waals surface area (Å²) >= 11 is 0. The molecule has 2 aliphatic rings. The van der Waals surface area contributed by atoms with Crippen molar-refractivity contribution in [2.45, 2.75) is 51.6 Å². The van der Waals surface area contributed by atoms with Gasteiger partial charge in [0.15, 0.2) is 0 Å². The molecule has 0 aromatic carbocycles. The van der Waals surface area contributed by atoms with E-state index in [1.165, 1.54) is 25.7 Å². The van der Waals surface area contributed by atoms with Crippen LogP contribution in [0.15, 0.2) is 6.20 Å². The van der Waals surface area contributed by atoms with Crippen LogP contribution in [0.1, 0.15) is 44.2 Å². The van der Waals surface area contributed by atoms with E-state index in [-0.39, 0.29) is 5.91 Å². The topological polar surface area (TPSA) is 63.1 Å². The molecule has 1 aliphatic carbocycles. The van der Waals surface area contributed by atoms with Crippen molar-refractivity contribution in [3.63, 3.8) is 0 Å². The van der Waals surface area contributed by atoms with Crippen molar-refractivity contribution in [3.05, 3.63) is 11.9 Å². The number of nitrogens with zero attached hydrogens (tertiary/aromatic N) is 4. The van der Waals surface area contributed by atoms with Crippen molar-refractivity contribution in [1.82, 2.24) is 25.2 Å². The molecule has 2 heterocycles. The quantitative estimate of drug-likeness (QED) is 0.855. The zero-order valence-corrected chi connectivity index (χ0v) is 12.6. The van der Waals surface area contributed by atoms with Gasteiger partial charge in [0.05, 0.1) is 11.9 Å². The molecular formula is C15H25N5O. The Kier molecular flexibility index (Phi) is 4.85. The Morgan fingerprint density at radius 3 is 2.71 bits per heavy atom. The maximum absolute atomic E-state index is 12.3. The minimum Gasteiger partial charge on any atom is -0.341 e. The van der Waals surface area contributed by atoms with Crippen LogP contribution < -0.4 is 5.32 Å². The molecule has 3 rings (SSSR count). The lowest BCUT2D eigenvalue weighted by Gasteiger charge is -2.19. The monoisotopic (exact) mass is 291 g/mol. The molecular weight excluding hydrogens is 266 g/mol. The van der Waals surface area contributed by atoms with Crippen LogP contribution in [-0.4, -0.2) is 45.4 Å². The average molecular weight is 291 g/mol. The van der Waals surface area contributed by atoms with Gasteiger partial charge in [0.1, 0.15) is 6.54 Å². The van der Waals surface area contributed by atoms with Crippen molar-refractivity contribution in [1.29, 1.82) is 0 Å². The van der Waals surface area contributed by atoms with E-state index >= 15 is 0 Å². The first-order valence-electron chi connectivity index (χ1n) is 8.19. The molecule has 6 nitrogen and oxygen atoms in total. The van der Waals surface area contributed by atoms with E-state index in [1.54, 1.807) is 4.68 Å². The summed E-state index contributed by atoms with van der Waals surface area (Å²) in [4.78, 5) is 14.2. The molecule has 0 spiro atoms. The van der Waals surface area contributed by atoms with E-state index < -0.39 is 0 Å². The zero-order chi connectivity index (χ0) is 14.5. The Balaban J connectivity index is 1.45. The van der Waals surface area contributed by atoms with E-state index in [0.717, 1.165) is 50.6 Å². The molecule has 1 aliphatic heterocycles. The van der Waals surface area contributed by atoms with Crippen molar-refractivity contribution in [2.24, 2.45) is 5.92 Å². The van der Waals surface area contributed by atoms with E-state index in [1.807, 2.05) is 11.1 Å². The minimum atomic E-state index is 0.166. The van der Waals surface area contributed by atoms with Gasteiger partial charge < -0.3 is 10.2 Å². The van der Waals surface area contributed by atoms with Crippen molar-refractivity contribution >= 4 is 5.91 Å². The first-order valence-corrected chi connectivity index (χ1v) is 8.19. The molecule has 0 bridgehead atoms. The van der Waals surface area contributed by atoms with E-state index in [2.05, 4.69) is 15.6 Å². The summed E-state index contributed by atoms with van der Waals surface area (Å²) in [6.07, 6.45) is 9.32. The van der Waals surface area contributed by atoms with Gasteiger partial charge in [-0.3, -0.25) is 4.79 Å². The maximum atomic E-state index is 12.3. The first kappa shape index (κ1) is 14.5. The minimum absolute atomic E-state index is 0.166. The number of nitrogens with one attached hydrogen (secondary N) is 1. The summed E-state index contributed by atoms with van der Waals surface area (Å²) in [6.45, 7) is 3.91. The van der Waals surface area contributed by atoms with Crippen LogP contribution in [0, 0.1) is 5.92 Å². The largest absolute Gasteiger partial charge is 0.341 e. The lowest BCUT2D eigenvalue weighted by molar-refractivity contribution is -0.132. The molecule has 0 unspecified atom stereocenters. The number of hydrogen-bond donors (Lipinski definition) is 1. The number of carbonyl (C=O) groups is 1. The highest BCUT2D eigenvalue weighted by molar-refractivity contribution is 5.75. The number of rotatable bonds is 6. The van der Waals surface area contributed by atoms with Crippen LogP contribution in [0.2, 0.25) is 0 Å². The fourth-order valence-corrected chi connectivity index (χ4v) is 2.78. The van der Waals surface area contributed by atoms with Gasteiger partial charge in [0, 0.05) is 19.6 Å². The van der Waals surface area contributed by atoms with E-state index in [4.69, 9.17) is 0 Å². The van der Waals surface area contributed by atoms with Crippen LogP contribution in [0.4, 0.5) is 0 Å². The van der Waals surface area contributed by atoms with Crippen LogP contribution in [0.3, 0.4) is 0 Å². The van der Waals surface area contributed by atoms with Gasteiger partial charge in [-0.2, -0.15) is 0 Å². The standard InChI is InChI=1S/C15H25N5O/c21-15(19-7-3-1-2-4-8-19)12-20-11-14(17-18-20)10-16-9-13-5-6-13/h11,13,16H,1-10,12H2. The molecule has 6 heteroatoms. The second-order valence-electron chi connectivity index (χ2n) is 6.28. The Bertz CT molecular complexity index is 460. The highest BCUT2D eigenvalue weighted by Gasteiger charge is 2.20. The zero-order valence-electron chi connectivity index (χ0n) is 12.6. The molecule has 21 heavy (non-hydrogen) atoms. The predicted molar refractivity (Wildman–Crippen MR) is 79.5 cm³/mol. The number of carbonyl (C=O) groups excluding carboxylic acids is 1. The molecule has 1 saturated carbocycles. The SMILES string of the molecule is O=C(Cn1cc(CNCC2CC2)nn1)N1CCCCCC1. The Hall–Kier alpha value is -1.43. The van der Waals surface area contributed by atoms with Gasteiger partial charge in [-0.25, -0.2) is 4.68 Å². The normalized spacial score (nSPS) is 19.5. The molecule has 116 valence electrons. The fourth-order valence-electron chi connectivity index (χ4n) is 2.78. The Morgan fingerprint density at radius 1 is 1.24 bits per heavy atom. The fraction of sp³-hybridized carbons (Fsp3) is 0.800. The van der Waals surface area contributed by atoms with Crippen molar-refractivity contribution in [2.75, 3.05) is 19.6 Å². The van der Waals surface area contributed by atoms with Gasteiger partial charge in [0.2, 0.25) is 5.91 Å². The maximum Gasteiger partial charge on any atom is 0.244 e. The summed E-state index contributed by atoms with van der Waals surface area (Å²) in [5.41, 5.74) is 0.916. The van der Waals surface area contributed by atoms with E-state index in [9.17, 15) is 4.79 Å². The molecule has 1 amide bonds.